The Morgan fingerprint density at radius 2 is 1.17 bits per heavy atom. The van der Waals surface area contributed by atoms with Crippen LogP contribution < -0.4 is 0 Å². The zero-order valence-electron chi connectivity index (χ0n) is 22.5. The highest BCUT2D eigenvalue weighted by atomic mass is 79.9. The molecule has 0 spiro atoms. The molecule has 0 atom stereocenters. The van der Waals surface area contributed by atoms with Crippen molar-refractivity contribution in [3.63, 3.8) is 0 Å². The van der Waals surface area contributed by atoms with Gasteiger partial charge < -0.3 is 9.84 Å². The third-order valence-electron chi connectivity index (χ3n) is 6.21. The van der Waals surface area contributed by atoms with Crippen molar-refractivity contribution in [2.45, 2.75) is 25.7 Å². The summed E-state index contributed by atoms with van der Waals surface area (Å²) in [6.07, 6.45) is 4.63. The fourth-order valence-corrected chi connectivity index (χ4v) is 4.79. The Kier molecular flexibility index (Phi) is 13.3. The summed E-state index contributed by atoms with van der Waals surface area (Å²) in [5, 5.41) is 8.98. The van der Waals surface area contributed by atoms with Crippen molar-refractivity contribution in [1.29, 1.82) is 0 Å². The number of halogens is 4. The largest absolute Gasteiger partial charge is 0.478 e. The highest BCUT2D eigenvalue weighted by Crippen LogP contribution is 2.24. The van der Waals surface area contributed by atoms with Crippen LogP contribution in [0.2, 0.25) is 0 Å². The molecule has 0 unspecified atom stereocenters. The minimum absolute atomic E-state index is 0.243. The highest BCUT2D eigenvalue weighted by molar-refractivity contribution is 9.10. The fourth-order valence-electron chi connectivity index (χ4n) is 4.12. The van der Waals surface area contributed by atoms with E-state index in [0.29, 0.717) is 57.8 Å². The third-order valence-corrected chi connectivity index (χ3v) is 7.20. The average molecular weight is 698 g/mol. The number of hydrogen-bond acceptors (Lipinski definition) is 3. The molecule has 216 valence electrons. The summed E-state index contributed by atoms with van der Waals surface area (Å²) in [5.74, 6) is -1.52. The first kappa shape index (κ1) is 32.6. The van der Waals surface area contributed by atoms with Gasteiger partial charge in [-0.1, -0.05) is 105 Å². The van der Waals surface area contributed by atoms with Gasteiger partial charge in [0.2, 0.25) is 0 Å². The molecule has 0 aliphatic heterocycles. The maximum absolute atomic E-state index is 13.8. The summed E-state index contributed by atoms with van der Waals surface area (Å²) < 4.78 is 33.8. The molecule has 4 aromatic carbocycles. The molecule has 0 aliphatic rings. The molecule has 0 bridgehead atoms. The maximum atomic E-state index is 13.8. The summed E-state index contributed by atoms with van der Waals surface area (Å²) in [5.41, 5.74) is 4.54. The lowest BCUT2D eigenvalue weighted by molar-refractivity contribution is -0.131. The number of carbonyl (C=O) groups excluding carboxylic acids is 1. The predicted molar refractivity (Wildman–Crippen MR) is 168 cm³/mol. The zero-order chi connectivity index (χ0) is 30.3. The quantitative estimate of drug-likeness (QED) is 0.0964. The van der Waals surface area contributed by atoms with Crippen molar-refractivity contribution in [3.05, 3.63) is 152 Å². The topological polar surface area (TPSA) is 63.6 Å². The zero-order valence-corrected chi connectivity index (χ0v) is 25.7. The average Bonchev–Trinajstić information content (AvgIpc) is 2.98. The molecule has 42 heavy (non-hydrogen) atoms. The van der Waals surface area contributed by atoms with Gasteiger partial charge in [0.1, 0.15) is 11.6 Å². The van der Waals surface area contributed by atoms with Crippen molar-refractivity contribution in [3.8, 4) is 0 Å². The van der Waals surface area contributed by atoms with E-state index in [0.717, 1.165) is 16.7 Å². The Morgan fingerprint density at radius 1 is 0.714 bits per heavy atom. The van der Waals surface area contributed by atoms with Crippen LogP contribution in [0.5, 0.6) is 0 Å². The number of rotatable bonds is 11. The molecule has 0 amide bonds. The van der Waals surface area contributed by atoms with E-state index in [2.05, 4.69) is 31.9 Å². The standard InChI is InChI=1S/2C17H14BrFO2/c18-16-9-8-14(17(19)10-16)6-7-15(11-21-12-20)13-4-2-1-3-5-13;18-15-9-8-13(16(19)11-15)6-7-14(10-17(20)21)12-4-2-1-3-5-12/h1-5,8-12H,6-7H2;1-5,8-11H,6-7H2,(H,20,21)/b15-11+;14-10-. The molecule has 0 heterocycles. The first-order valence-corrected chi connectivity index (χ1v) is 14.6. The lowest BCUT2D eigenvalue weighted by atomic mass is 9.98. The van der Waals surface area contributed by atoms with E-state index < -0.39 is 5.97 Å². The number of carboxylic acids is 1. The smallest absolute Gasteiger partial charge is 0.328 e. The normalized spacial score (nSPS) is 11.3. The van der Waals surface area contributed by atoms with Crippen molar-refractivity contribution < 1.29 is 28.2 Å². The van der Waals surface area contributed by atoms with Gasteiger partial charge >= 0.3 is 5.97 Å². The SMILES string of the molecule is O=C(O)/C=C(/CCc1ccc(Br)cc1F)c1ccccc1.O=CO/C=C(\CCc1ccc(Br)cc1F)c1ccccc1. The molecule has 0 aromatic heterocycles. The van der Waals surface area contributed by atoms with Gasteiger partial charge in [-0.05, 0) is 83.3 Å². The van der Waals surface area contributed by atoms with Gasteiger partial charge in [-0.25, -0.2) is 13.6 Å². The number of aryl methyl sites for hydroxylation is 2. The molecule has 1 N–H and O–H groups in total. The van der Waals surface area contributed by atoms with Crippen LogP contribution in [0.3, 0.4) is 0 Å². The van der Waals surface area contributed by atoms with Gasteiger partial charge in [-0.2, -0.15) is 0 Å². The third kappa shape index (κ3) is 10.8. The van der Waals surface area contributed by atoms with Crippen LogP contribution in [-0.4, -0.2) is 17.5 Å². The van der Waals surface area contributed by atoms with Gasteiger partial charge in [0.05, 0.1) is 6.26 Å². The van der Waals surface area contributed by atoms with Crippen LogP contribution in [0.1, 0.15) is 35.1 Å². The first-order valence-electron chi connectivity index (χ1n) is 13.0. The van der Waals surface area contributed by atoms with E-state index in [-0.39, 0.29) is 11.6 Å². The first-order chi connectivity index (χ1) is 20.3. The molecule has 0 aliphatic carbocycles. The Hall–Kier alpha value is -3.88. The monoisotopic (exact) mass is 696 g/mol. The minimum Gasteiger partial charge on any atom is -0.478 e. The molecule has 0 fully saturated rings. The van der Waals surface area contributed by atoms with E-state index in [1.165, 1.54) is 24.5 Å². The summed E-state index contributed by atoms with van der Waals surface area (Å²) in [6, 6.07) is 28.8. The van der Waals surface area contributed by atoms with E-state index in [1.54, 1.807) is 18.2 Å². The van der Waals surface area contributed by atoms with Gasteiger partial charge in [0, 0.05) is 15.0 Å². The van der Waals surface area contributed by atoms with E-state index in [4.69, 9.17) is 9.84 Å². The van der Waals surface area contributed by atoms with Crippen molar-refractivity contribution in [2.24, 2.45) is 0 Å². The van der Waals surface area contributed by atoms with Crippen LogP contribution >= 0.6 is 31.9 Å². The molecule has 0 saturated carbocycles. The number of benzene rings is 4. The lowest BCUT2D eigenvalue weighted by Crippen LogP contribution is -1.97. The number of hydrogen-bond donors (Lipinski definition) is 1. The van der Waals surface area contributed by atoms with Gasteiger partial charge in [-0.3, -0.25) is 4.79 Å². The van der Waals surface area contributed by atoms with Crippen molar-refractivity contribution >= 4 is 55.4 Å². The number of carbonyl (C=O) groups is 2. The van der Waals surface area contributed by atoms with Crippen LogP contribution in [0.25, 0.3) is 11.1 Å². The predicted octanol–water partition coefficient (Wildman–Crippen LogP) is 9.42. The van der Waals surface area contributed by atoms with Gasteiger partial charge in [0.15, 0.2) is 0 Å². The Bertz CT molecular complexity index is 1540. The molecule has 0 radical (unpaired) electrons. The molecule has 4 rings (SSSR count). The van der Waals surface area contributed by atoms with Crippen LogP contribution in [0.4, 0.5) is 8.78 Å². The summed E-state index contributed by atoms with van der Waals surface area (Å²) in [6.45, 7) is 0.378. The van der Waals surface area contributed by atoms with E-state index in [1.807, 2.05) is 66.7 Å². The Balaban J connectivity index is 0.000000230. The molecule has 0 saturated heterocycles. The Morgan fingerprint density at radius 3 is 1.60 bits per heavy atom. The highest BCUT2D eigenvalue weighted by Gasteiger charge is 2.09. The second-order valence-corrected chi connectivity index (χ2v) is 10.9. The molecule has 4 nitrogen and oxygen atoms in total. The van der Waals surface area contributed by atoms with Crippen molar-refractivity contribution in [1.82, 2.24) is 0 Å². The van der Waals surface area contributed by atoms with Crippen LogP contribution in [0.15, 0.2) is 118 Å². The number of aliphatic carboxylic acids is 1. The summed E-state index contributed by atoms with van der Waals surface area (Å²) in [7, 11) is 0. The van der Waals surface area contributed by atoms with Gasteiger partial charge in [0.25, 0.3) is 6.47 Å². The molecule has 4 aromatic rings. The second-order valence-electron chi connectivity index (χ2n) is 9.09. The second kappa shape index (κ2) is 17.2. The van der Waals surface area contributed by atoms with Gasteiger partial charge in [-0.15, -0.1) is 0 Å². The van der Waals surface area contributed by atoms with E-state index >= 15 is 0 Å². The van der Waals surface area contributed by atoms with Crippen molar-refractivity contribution in [2.75, 3.05) is 0 Å². The summed E-state index contributed by atoms with van der Waals surface area (Å²) >= 11 is 6.45. The fraction of sp³-hybridized carbons (Fsp3) is 0.118. The minimum atomic E-state index is -0.995. The molecular formula is C34H28Br2F2O4. The number of ether oxygens (including phenoxy) is 1. The summed E-state index contributed by atoms with van der Waals surface area (Å²) in [4.78, 5) is 21.3. The van der Waals surface area contributed by atoms with Crippen LogP contribution in [0, 0.1) is 11.6 Å². The van der Waals surface area contributed by atoms with Crippen LogP contribution in [-0.2, 0) is 27.2 Å². The molecule has 8 heteroatoms. The molecular weight excluding hydrogens is 670 g/mol. The number of allylic oxidation sites excluding steroid dienone is 2. The maximum Gasteiger partial charge on any atom is 0.328 e. The van der Waals surface area contributed by atoms with E-state index in [9.17, 15) is 18.4 Å². The Labute approximate surface area is 260 Å². The number of carboxylic acid groups (broad SMARTS) is 1. The lowest BCUT2D eigenvalue weighted by Gasteiger charge is -2.08.